The van der Waals surface area contributed by atoms with E-state index in [0.717, 1.165) is 21.7 Å². The molecule has 244 valence electrons. The van der Waals surface area contributed by atoms with E-state index in [1.165, 1.54) is 39.2 Å². The van der Waals surface area contributed by atoms with Crippen molar-refractivity contribution in [3.8, 4) is 17.2 Å². The maximum absolute atomic E-state index is 13.7. The van der Waals surface area contributed by atoms with Gasteiger partial charge < -0.3 is 30.2 Å². The Balaban J connectivity index is 1.59. The van der Waals surface area contributed by atoms with Crippen molar-refractivity contribution < 1.29 is 28.6 Å². The lowest BCUT2D eigenvalue weighted by molar-refractivity contribution is -0.116. The molecule has 4 rings (SSSR count). The molecular weight excluding hydrogens is 614 g/mol. The van der Waals surface area contributed by atoms with Gasteiger partial charge in [-0.15, -0.1) is 11.8 Å². The van der Waals surface area contributed by atoms with Crippen LogP contribution in [0.15, 0.2) is 95.5 Å². The Bertz CT molecular complexity index is 1750. The first kappa shape index (κ1) is 34.6. The molecule has 1 unspecified atom stereocenters. The number of carbonyl (C=O) groups is 3. The van der Waals surface area contributed by atoms with Gasteiger partial charge in [0.05, 0.1) is 26.6 Å². The van der Waals surface area contributed by atoms with Crippen molar-refractivity contribution in [3.05, 3.63) is 113 Å². The summed E-state index contributed by atoms with van der Waals surface area (Å²) in [6, 6.07) is 25.0. The van der Waals surface area contributed by atoms with Crippen LogP contribution in [0.5, 0.6) is 17.2 Å². The number of methoxy groups -OCH3 is 3. The molecule has 3 N–H and O–H groups in total. The zero-order chi connectivity index (χ0) is 33.9. The van der Waals surface area contributed by atoms with E-state index < -0.39 is 11.8 Å². The summed E-state index contributed by atoms with van der Waals surface area (Å²) in [6.07, 6.45) is 2.13. The molecule has 0 aliphatic heterocycles. The Morgan fingerprint density at radius 2 is 1.49 bits per heavy atom. The highest BCUT2D eigenvalue weighted by molar-refractivity contribution is 8.00. The van der Waals surface area contributed by atoms with Crippen LogP contribution in [0.4, 0.5) is 11.4 Å². The molecule has 10 heteroatoms. The monoisotopic (exact) mass is 653 g/mol. The van der Waals surface area contributed by atoms with Crippen LogP contribution >= 0.6 is 11.8 Å². The van der Waals surface area contributed by atoms with E-state index >= 15 is 0 Å². The molecule has 0 aliphatic carbocycles. The van der Waals surface area contributed by atoms with Gasteiger partial charge >= 0.3 is 0 Å². The second kappa shape index (κ2) is 16.4. The summed E-state index contributed by atoms with van der Waals surface area (Å²) in [5, 5.41) is 8.34. The number of thioether (sulfide) groups is 1. The Hall–Kier alpha value is -5.22. The number of aryl methyl sites for hydroxylation is 1. The average Bonchev–Trinajstić information content (AvgIpc) is 3.08. The maximum atomic E-state index is 13.7. The summed E-state index contributed by atoms with van der Waals surface area (Å²) >= 11 is 1.41. The summed E-state index contributed by atoms with van der Waals surface area (Å²) < 4.78 is 16.4. The molecule has 0 radical (unpaired) electrons. The van der Waals surface area contributed by atoms with Gasteiger partial charge in [0.2, 0.25) is 11.7 Å². The lowest BCUT2D eigenvalue weighted by Crippen LogP contribution is -2.30. The number of anilines is 2. The SMILES string of the molecule is CCC(Sc1cccc(NC(=O)/C(=C\c2cc(OC)c(OC)c(OC)c2)NC(=O)c2ccccc2)c1)C(=O)Nc1cccc(C)c1C. The Labute approximate surface area is 279 Å². The molecule has 1 atom stereocenters. The second-order valence-electron chi connectivity index (χ2n) is 10.6. The van der Waals surface area contributed by atoms with Crippen molar-refractivity contribution in [1.82, 2.24) is 5.32 Å². The summed E-state index contributed by atoms with van der Waals surface area (Å²) in [7, 11) is 4.50. The van der Waals surface area contributed by atoms with Gasteiger partial charge in [0.15, 0.2) is 11.5 Å². The minimum Gasteiger partial charge on any atom is -0.493 e. The van der Waals surface area contributed by atoms with Gasteiger partial charge in [-0.2, -0.15) is 0 Å². The fourth-order valence-corrected chi connectivity index (χ4v) is 5.74. The predicted octanol–water partition coefficient (Wildman–Crippen LogP) is 7.25. The van der Waals surface area contributed by atoms with E-state index in [-0.39, 0.29) is 16.9 Å². The minimum atomic E-state index is -0.551. The van der Waals surface area contributed by atoms with Crippen molar-refractivity contribution in [2.45, 2.75) is 37.3 Å². The molecule has 4 aromatic rings. The van der Waals surface area contributed by atoms with Crippen LogP contribution in [0.1, 0.15) is 40.4 Å². The van der Waals surface area contributed by atoms with Crippen molar-refractivity contribution in [2.24, 2.45) is 0 Å². The fourth-order valence-electron chi connectivity index (χ4n) is 4.73. The number of rotatable bonds is 13. The smallest absolute Gasteiger partial charge is 0.272 e. The van der Waals surface area contributed by atoms with E-state index in [9.17, 15) is 14.4 Å². The van der Waals surface area contributed by atoms with Crippen molar-refractivity contribution >= 4 is 46.9 Å². The van der Waals surface area contributed by atoms with Crippen LogP contribution < -0.4 is 30.2 Å². The number of carbonyl (C=O) groups excluding carboxylic acids is 3. The van der Waals surface area contributed by atoms with Gasteiger partial charge in [0, 0.05) is 21.8 Å². The summed E-state index contributed by atoms with van der Waals surface area (Å²) in [4.78, 5) is 40.9. The summed E-state index contributed by atoms with van der Waals surface area (Å²) in [5.41, 5.74) is 4.33. The number of ether oxygens (including phenoxy) is 3. The first-order valence-corrected chi connectivity index (χ1v) is 15.9. The molecule has 0 aromatic heterocycles. The lowest BCUT2D eigenvalue weighted by Gasteiger charge is -2.17. The largest absolute Gasteiger partial charge is 0.493 e. The van der Waals surface area contributed by atoms with E-state index in [4.69, 9.17) is 14.2 Å². The molecule has 0 bridgehead atoms. The molecule has 0 spiro atoms. The summed E-state index contributed by atoms with van der Waals surface area (Å²) in [6.45, 7) is 5.95. The molecule has 0 saturated heterocycles. The Kier molecular flexibility index (Phi) is 12.1. The highest BCUT2D eigenvalue weighted by Crippen LogP contribution is 2.39. The third kappa shape index (κ3) is 8.95. The van der Waals surface area contributed by atoms with Crippen molar-refractivity contribution in [3.63, 3.8) is 0 Å². The van der Waals surface area contributed by atoms with E-state index in [1.807, 2.05) is 45.0 Å². The molecule has 4 aromatic carbocycles. The van der Waals surface area contributed by atoms with Crippen LogP contribution in [-0.2, 0) is 9.59 Å². The standard InChI is InChI=1S/C37H39N3O6S/c1-7-33(37(43)39-29-18-11-13-23(2)24(29)3)47-28-17-12-16-27(22-28)38-36(42)30(40-35(41)26-14-9-8-10-15-26)19-25-20-31(44-4)34(46-6)32(21-25)45-5/h8-22,33H,7H2,1-6H3,(H,38,42)(H,39,43)(H,40,41)/b30-19+. The number of benzene rings is 4. The first-order chi connectivity index (χ1) is 22.7. The van der Waals surface area contributed by atoms with Gasteiger partial charge in [-0.1, -0.05) is 43.3 Å². The summed E-state index contributed by atoms with van der Waals surface area (Å²) in [5.74, 6) is 0.0797. The van der Waals surface area contributed by atoms with Crippen LogP contribution in [0, 0.1) is 13.8 Å². The molecular formula is C37H39N3O6S. The molecule has 47 heavy (non-hydrogen) atoms. The predicted molar refractivity (Wildman–Crippen MR) is 188 cm³/mol. The lowest BCUT2D eigenvalue weighted by atomic mass is 10.1. The van der Waals surface area contributed by atoms with Crippen LogP contribution in [0.25, 0.3) is 6.08 Å². The van der Waals surface area contributed by atoms with Gasteiger partial charge in [0.25, 0.3) is 11.8 Å². The number of nitrogens with one attached hydrogen (secondary N) is 3. The van der Waals surface area contributed by atoms with Gasteiger partial charge in [-0.3, -0.25) is 14.4 Å². The van der Waals surface area contributed by atoms with E-state index in [1.54, 1.807) is 60.7 Å². The maximum Gasteiger partial charge on any atom is 0.272 e. The third-order valence-corrected chi connectivity index (χ3v) is 8.78. The second-order valence-corrected chi connectivity index (χ2v) is 11.8. The third-order valence-electron chi connectivity index (χ3n) is 7.42. The van der Waals surface area contributed by atoms with Gasteiger partial charge in [-0.25, -0.2) is 0 Å². The molecule has 0 heterocycles. The molecule has 0 fully saturated rings. The molecule has 9 nitrogen and oxygen atoms in total. The van der Waals surface area contributed by atoms with Gasteiger partial charge in [-0.05, 0) is 91.6 Å². The van der Waals surface area contributed by atoms with E-state index in [0.29, 0.717) is 40.5 Å². The number of hydrogen-bond acceptors (Lipinski definition) is 7. The average molecular weight is 654 g/mol. The van der Waals surface area contributed by atoms with Crippen LogP contribution in [0.3, 0.4) is 0 Å². The zero-order valence-electron chi connectivity index (χ0n) is 27.3. The fraction of sp³-hybridized carbons (Fsp3) is 0.216. The molecule has 0 aliphatic rings. The normalized spacial score (nSPS) is 11.7. The van der Waals surface area contributed by atoms with Crippen molar-refractivity contribution in [1.29, 1.82) is 0 Å². The highest BCUT2D eigenvalue weighted by atomic mass is 32.2. The van der Waals surface area contributed by atoms with Crippen molar-refractivity contribution in [2.75, 3.05) is 32.0 Å². The highest BCUT2D eigenvalue weighted by Gasteiger charge is 2.21. The van der Waals surface area contributed by atoms with E-state index in [2.05, 4.69) is 16.0 Å². The molecule has 0 saturated carbocycles. The zero-order valence-corrected chi connectivity index (χ0v) is 28.1. The van der Waals surface area contributed by atoms with Gasteiger partial charge in [0.1, 0.15) is 5.70 Å². The number of amides is 3. The Morgan fingerprint density at radius 1 is 0.809 bits per heavy atom. The quantitative estimate of drug-likeness (QED) is 0.103. The molecule has 3 amide bonds. The first-order valence-electron chi connectivity index (χ1n) is 15.0. The topological polar surface area (TPSA) is 115 Å². The number of hydrogen-bond donors (Lipinski definition) is 3. The van der Waals surface area contributed by atoms with Crippen LogP contribution in [-0.4, -0.2) is 44.3 Å². The minimum absolute atomic E-state index is 0.00878. The Morgan fingerprint density at radius 3 is 2.13 bits per heavy atom. The van der Waals surface area contributed by atoms with Crippen LogP contribution in [0.2, 0.25) is 0 Å².